The van der Waals surface area contributed by atoms with Gasteiger partial charge in [-0.25, -0.2) is 4.79 Å². The summed E-state index contributed by atoms with van der Waals surface area (Å²) >= 11 is 3.20. The molecular weight excluding hydrogens is 344 g/mol. The molecule has 0 aliphatic rings. The Morgan fingerprint density at radius 1 is 1.24 bits per heavy atom. The van der Waals surface area contributed by atoms with Crippen LogP contribution < -0.4 is 15.4 Å². The SMILES string of the molecule is CC(=O)NCCNC(=O)COc1cc(Br)ccc1C(=O)O. The third-order valence-electron chi connectivity index (χ3n) is 2.35. The highest BCUT2D eigenvalue weighted by atomic mass is 79.9. The van der Waals surface area contributed by atoms with Gasteiger partial charge in [0.25, 0.3) is 5.91 Å². The Labute approximate surface area is 129 Å². The molecule has 0 aliphatic carbocycles. The number of nitrogens with one attached hydrogen (secondary N) is 2. The predicted molar refractivity (Wildman–Crippen MR) is 78.3 cm³/mol. The lowest BCUT2D eigenvalue weighted by molar-refractivity contribution is -0.123. The number of hydrogen-bond acceptors (Lipinski definition) is 4. The van der Waals surface area contributed by atoms with Crippen molar-refractivity contribution in [1.29, 1.82) is 0 Å². The van der Waals surface area contributed by atoms with Crippen molar-refractivity contribution in [3.63, 3.8) is 0 Å². The fraction of sp³-hybridized carbons (Fsp3) is 0.308. The zero-order valence-corrected chi connectivity index (χ0v) is 12.9. The Morgan fingerprint density at radius 2 is 1.90 bits per heavy atom. The first-order chi connectivity index (χ1) is 9.90. The summed E-state index contributed by atoms with van der Waals surface area (Å²) in [5.74, 6) is -1.62. The molecule has 0 saturated carbocycles. The fourth-order valence-corrected chi connectivity index (χ4v) is 1.77. The van der Waals surface area contributed by atoms with Gasteiger partial charge in [0.15, 0.2) is 6.61 Å². The van der Waals surface area contributed by atoms with Crippen molar-refractivity contribution in [2.75, 3.05) is 19.7 Å². The summed E-state index contributed by atoms with van der Waals surface area (Å²) in [6.45, 7) is 1.66. The molecule has 114 valence electrons. The maximum atomic E-state index is 11.5. The molecule has 2 amide bonds. The Kier molecular flexibility index (Phi) is 6.67. The largest absolute Gasteiger partial charge is 0.483 e. The first-order valence-electron chi connectivity index (χ1n) is 6.07. The molecule has 0 unspecified atom stereocenters. The third-order valence-corrected chi connectivity index (χ3v) is 2.85. The minimum Gasteiger partial charge on any atom is -0.483 e. The van der Waals surface area contributed by atoms with Crippen molar-refractivity contribution in [1.82, 2.24) is 10.6 Å². The third kappa shape index (κ3) is 6.26. The molecule has 3 N–H and O–H groups in total. The van der Waals surface area contributed by atoms with Crippen LogP contribution in [-0.4, -0.2) is 42.6 Å². The maximum Gasteiger partial charge on any atom is 0.339 e. The van der Waals surface area contributed by atoms with Crippen LogP contribution in [0, 0.1) is 0 Å². The zero-order chi connectivity index (χ0) is 15.8. The molecule has 0 aliphatic heterocycles. The highest BCUT2D eigenvalue weighted by Gasteiger charge is 2.13. The van der Waals surface area contributed by atoms with Gasteiger partial charge in [-0.2, -0.15) is 0 Å². The standard InChI is InChI=1S/C13H15BrN2O5/c1-8(17)15-4-5-16-12(18)7-21-11-6-9(14)2-3-10(11)13(19)20/h2-3,6H,4-5,7H2,1H3,(H,15,17)(H,16,18)(H,19,20). The molecule has 0 aromatic heterocycles. The number of halogens is 1. The van der Waals surface area contributed by atoms with E-state index in [2.05, 4.69) is 26.6 Å². The molecule has 1 rings (SSSR count). The average molecular weight is 359 g/mol. The summed E-state index contributed by atoms with van der Waals surface area (Å²) in [5, 5.41) is 14.1. The van der Waals surface area contributed by atoms with Gasteiger partial charge in [-0.3, -0.25) is 9.59 Å². The molecule has 0 bridgehead atoms. The highest BCUT2D eigenvalue weighted by Crippen LogP contribution is 2.23. The van der Waals surface area contributed by atoms with Crippen molar-refractivity contribution >= 4 is 33.7 Å². The van der Waals surface area contributed by atoms with E-state index in [4.69, 9.17) is 9.84 Å². The van der Waals surface area contributed by atoms with Crippen molar-refractivity contribution in [2.24, 2.45) is 0 Å². The van der Waals surface area contributed by atoms with Crippen LogP contribution in [0.3, 0.4) is 0 Å². The normalized spacial score (nSPS) is 9.81. The van der Waals surface area contributed by atoms with Crippen LogP contribution in [0.1, 0.15) is 17.3 Å². The van der Waals surface area contributed by atoms with Gasteiger partial charge in [-0.1, -0.05) is 15.9 Å². The summed E-state index contributed by atoms with van der Waals surface area (Å²) in [5.41, 5.74) is -0.0238. The number of carbonyl (C=O) groups excluding carboxylic acids is 2. The van der Waals surface area contributed by atoms with Crippen molar-refractivity contribution in [3.8, 4) is 5.75 Å². The lowest BCUT2D eigenvalue weighted by Gasteiger charge is -2.10. The van der Waals surface area contributed by atoms with Gasteiger partial charge in [-0.05, 0) is 18.2 Å². The average Bonchev–Trinajstić information content (AvgIpc) is 2.40. The molecule has 0 radical (unpaired) electrons. The van der Waals surface area contributed by atoms with E-state index in [9.17, 15) is 14.4 Å². The molecule has 7 nitrogen and oxygen atoms in total. The number of aromatic carboxylic acids is 1. The van der Waals surface area contributed by atoms with Crippen molar-refractivity contribution < 1.29 is 24.2 Å². The van der Waals surface area contributed by atoms with Crippen LogP contribution >= 0.6 is 15.9 Å². The summed E-state index contributed by atoms with van der Waals surface area (Å²) < 4.78 is 5.86. The second kappa shape index (κ2) is 8.25. The van der Waals surface area contributed by atoms with Crippen LogP contribution in [-0.2, 0) is 9.59 Å². The van der Waals surface area contributed by atoms with Gasteiger partial charge < -0.3 is 20.5 Å². The van der Waals surface area contributed by atoms with E-state index in [1.165, 1.54) is 19.1 Å². The number of carboxylic acid groups (broad SMARTS) is 1. The summed E-state index contributed by atoms with van der Waals surface area (Å²) in [6, 6.07) is 4.44. The Hall–Kier alpha value is -2.09. The van der Waals surface area contributed by atoms with E-state index in [1.54, 1.807) is 6.07 Å². The Bertz CT molecular complexity index is 547. The minimum absolute atomic E-state index is 0.0238. The Morgan fingerprint density at radius 3 is 2.52 bits per heavy atom. The van der Waals surface area contributed by atoms with Crippen molar-refractivity contribution in [3.05, 3.63) is 28.2 Å². The topological polar surface area (TPSA) is 105 Å². The first-order valence-corrected chi connectivity index (χ1v) is 6.86. The molecule has 0 saturated heterocycles. The number of benzene rings is 1. The number of hydrogen-bond donors (Lipinski definition) is 3. The number of rotatable bonds is 7. The lowest BCUT2D eigenvalue weighted by atomic mass is 10.2. The molecule has 21 heavy (non-hydrogen) atoms. The zero-order valence-electron chi connectivity index (χ0n) is 11.3. The van der Waals surface area contributed by atoms with Gasteiger partial charge in [-0.15, -0.1) is 0 Å². The minimum atomic E-state index is -1.14. The summed E-state index contributed by atoms with van der Waals surface area (Å²) in [7, 11) is 0. The molecule has 0 heterocycles. The van der Waals surface area contributed by atoms with Crippen molar-refractivity contribution in [2.45, 2.75) is 6.92 Å². The van der Waals surface area contributed by atoms with E-state index in [0.29, 0.717) is 11.0 Å². The van der Waals surface area contributed by atoms with Gasteiger partial charge in [0.1, 0.15) is 11.3 Å². The van der Waals surface area contributed by atoms with Gasteiger partial charge in [0, 0.05) is 24.5 Å². The second-order valence-corrected chi connectivity index (χ2v) is 4.98. The Balaban J connectivity index is 2.47. The molecule has 0 fully saturated rings. The number of carboxylic acids is 1. The molecular formula is C13H15BrN2O5. The van der Waals surface area contributed by atoms with Crippen LogP contribution in [0.15, 0.2) is 22.7 Å². The summed E-state index contributed by atoms with van der Waals surface area (Å²) in [6.07, 6.45) is 0. The van der Waals surface area contributed by atoms with Gasteiger partial charge in [0.05, 0.1) is 0 Å². The van der Waals surface area contributed by atoms with Crippen LogP contribution in [0.5, 0.6) is 5.75 Å². The molecule has 0 atom stereocenters. The van der Waals surface area contributed by atoms with Gasteiger partial charge >= 0.3 is 5.97 Å². The van der Waals surface area contributed by atoms with E-state index in [1.807, 2.05) is 0 Å². The van der Waals surface area contributed by atoms with E-state index in [-0.39, 0.29) is 30.4 Å². The fourth-order valence-electron chi connectivity index (χ4n) is 1.43. The number of ether oxygens (including phenoxy) is 1. The van der Waals surface area contributed by atoms with Crippen LogP contribution in [0.25, 0.3) is 0 Å². The maximum absolute atomic E-state index is 11.5. The van der Waals surface area contributed by atoms with Crippen LogP contribution in [0.2, 0.25) is 0 Å². The van der Waals surface area contributed by atoms with Gasteiger partial charge in [0.2, 0.25) is 5.91 Å². The van der Waals surface area contributed by atoms with E-state index in [0.717, 1.165) is 0 Å². The smallest absolute Gasteiger partial charge is 0.339 e. The van der Waals surface area contributed by atoms with E-state index < -0.39 is 11.9 Å². The second-order valence-electron chi connectivity index (χ2n) is 4.07. The first kappa shape index (κ1) is 17.0. The quantitative estimate of drug-likeness (QED) is 0.624. The molecule has 1 aromatic carbocycles. The molecule has 8 heteroatoms. The predicted octanol–water partition coefficient (Wildman–Crippen LogP) is 0.778. The lowest BCUT2D eigenvalue weighted by Crippen LogP contribution is -2.36. The van der Waals surface area contributed by atoms with Crippen LogP contribution in [0.4, 0.5) is 0 Å². The van der Waals surface area contributed by atoms with E-state index >= 15 is 0 Å². The molecule has 0 spiro atoms. The summed E-state index contributed by atoms with van der Waals surface area (Å²) in [4.78, 5) is 33.2. The molecule has 1 aromatic rings. The number of amides is 2. The number of carbonyl (C=O) groups is 3. The monoisotopic (exact) mass is 358 g/mol. The highest BCUT2D eigenvalue weighted by molar-refractivity contribution is 9.10.